The predicted molar refractivity (Wildman–Crippen MR) is 74.7 cm³/mol. The fraction of sp³-hybridized carbons (Fsp3) is 0.267. The first-order valence-electron chi connectivity index (χ1n) is 6.45. The van der Waals surface area contributed by atoms with Gasteiger partial charge in [0.25, 0.3) is 0 Å². The van der Waals surface area contributed by atoms with Gasteiger partial charge in [-0.2, -0.15) is 5.26 Å². The van der Waals surface area contributed by atoms with Crippen LogP contribution in [0.4, 0.5) is 4.39 Å². The van der Waals surface area contributed by atoms with E-state index in [4.69, 9.17) is 10.4 Å². The van der Waals surface area contributed by atoms with Crippen molar-refractivity contribution in [1.82, 2.24) is 4.57 Å². The average Bonchev–Trinajstić information content (AvgIpc) is 2.43. The summed E-state index contributed by atoms with van der Waals surface area (Å²) in [6, 6.07) is 4.32. The van der Waals surface area contributed by atoms with E-state index in [-0.39, 0.29) is 22.9 Å². The second kappa shape index (κ2) is 5.75. The molecule has 108 valence electrons. The van der Waals surface area contributed by atoms with Gasteiger partial charge in [0, 0.05) is 23.7 Å². The number of halogens is 1. The van der Waals surface area contributed by atoms with Crippen molar-refractivity contribution < 1.29 is 14.3 Å². The number of carboxylic acids is 1. The summed E-state index contributed by atoms with van der Waals surface area (Å²) in [4.78, 5) is 23.2. The predicted octanol–water partition coefficient (Wildman–Crippen LogP) is 2.31. The van der Waals surface area contributed by atoms with Gasteiger partial charge in [0.1, 0.15) is 11.4 Å². The lowest BCUT2D eigenvalue weighted by molar-refractivity contribution is 0.0695. The Morgan fingerprint density at radius 1 is 1.48 bits per heavy atom. The zero-order valence-corrected chi connectivity index (χ0v) is 11.4. The van der Waals surface area contributed by atoms with E-state index >= 15 is 0 Å². The summed E-state index contributed by atoms with van der Waals surface area (Å²) >= 11 is 0. The summed E-state index contributed by atoms with van der Waals surface area (Å²) in [7, 11) is 0. The van der Waals surface area contributed by atoms with E-state index < -0.39 is 17.2 Å². The molecule has 1 heterocycles. The standard InChI is InChI=1S/C15H13FN2O3/c1-2-5-18-8-11(15(20)21)14(19)10-7-12(16)9(3-4-17)6-13(10)18/h6-8H,2-3,5H2,1H3,(H,20,21). The van der Waals surface area contributed by atoms with Crippen molar-refractivity contribution in [3.63, 3.8) is 0 Å². The van der Waals surface area contributed by atoms with Crippen LogP contribution in [0.2, 0.25) is 0 Å². The Morgan fingerprint density at radius 3 is 2.76 bits per heavy atom. The van der Waals surface area contributed by atoms with Crippen molar-refractivity contribution in [2.45, 2.75) is 26.3 Å². The van der Waals surface area contributed by atoms with Crippen LogP contribution in [0, 0.1) is 17.1 Å². The molecule has 0 amide bonds. The molecule has 0 saturated carbocycles. The molecule has 0 fully saturated rings. The topological polar surface area (TPSA) is 83.1 Å². The maximum absolute atomic E-state index is 13.9. The molecular formula is C15H13FN2O3. The zero-order chi connectivity index (χ0) is 15.6. The first-order valence-corrected chi connectivity index (χ1v) is 6.45. The molecule has 0 bridgehead atoms. The lowest BCUT2D eigenvalue weighted by Crippen LogP contribution is -2.19. The summed E-state index contributed by atoms with van der Waals surface area (Å²) in [6.45, 7) is 2.40. The Hall–Kier alpha value is -2.68. The highest BCUT2D eigenvalue weighted by Gasteiger charge is 2.16. The fourth-order valence-corrected chi connectivity index (χ4v) is 2.25. The molecule has 21 heavy (non-hydrogen) atoms. The molecule has 1 aromatic heterocycles. The van der Waals surface area contributed by atoms with Crippen LogP contribution >= 0.6 is 0 Å². The highest BCUT2D eigenvalue weighted by molar-refractivity contribution is 5.92. The van der Waals surface area contributed by atoms with Crippen LogP contribution in [0.25, 0.3) is 10.9 Å². The molecule has 0 spiro atoms. The van der Waals surface area contributed by atoms with E-state index in [0.717, 1.165) is 12.5 Å². The van der Waals surface area contributed by atoms with Gasteiger partial charge >= 0.3 is 5.97 Å². The molecule has 5 nitrogen and oxygen atoms in total. The van der Waals surface area contributed by atoms with Crippen molar-refractivity contribution in [1.29, 1.82) is 5.26 Å². The van der Waals surface area contributed by atoms with Crippen molar-refractivity contribution in [2.24, 2.45) is 0 Å². The van der Waals surface area contributed by atoms with Gasteiger partial charge in [-0.15, -0.1) is 0 Å². The Kier molecular flexibility index (Phi) is 4.03. The number of carbonyl (C=O) groups is 1. The quantitative estimate of drug-likeness (QED) is 0.935. The second-order valence-corrected chi connectivity index (χ2v) is 4.67. The normalized spacial score (nSPS) is 10.5. The molecule has 1 N–H and O–H groups in total. The highest BCUT2D eigenvalue weighted by Crippen LogP contribution is 2.19. The number of hydrogen-bond acceptors (Lipinski definition) is 3. The minimum absolute atomic E-state index is 0.0162. The summed E-state index contributed by atoms with van der Waals surface area (Å²) in [6.07, 6.45) is 1.88. The van der Waals surface area contributed by atoms with Crippen LogP contribution in [0.15, 0.2) is 23.1 Å². The molecule has 0 radical (unpaired) electrons. The molecule has 6 heteroatoms. The van der Waals surface area contributed by atoms with Gasteiger partial charge in [0.05, 0.1) is 18.0 Å². The van der Waals surface area contributed by atoms with E-state index in [1.165, 1.54) is 12.3 Å². The average molecular weight is 288 g/mol. The Bertz CT molecular complexity index is 818. The molecule has 2 rings (SSSR count). The van der Waals surface area contributed by atoms with Crippen LogP contribution in [-0.4, -0.2) is 15.6 Å². The molecule has 0 aliphatic carbocycles. The van der Waals surface area contributed by atoms with Crippen molar-refractivity contribution in [3.05, 3.63) is 45.5 Å². The zero-order valence-electron chi connectivity index (χ0n) is 11.4. The van der Waals surface area contributed by atoms with Crippen LogP contribution in [0.5, 0.6) is 0 Å². The molecule has 2 aromatic rings. The van der Waals surface area contributed by atoms with Crippen molar-refractivity contribution in [3.8, 4) is 6.07 Å². The van der Waals surface area contributed by atoms with Gasteiger partial charge in [0.15, 0.2) is 0 Å². The summed E-state index contributed by atoms with van der Waals surface area (Å²) in [5.74, 6) is -2.01. The number of carboxylic acid groups (broad SMARTS) is 1. The Morgan fingerprint density at radius 2 is 2.19 bits per heavy atom. The maximum Gasteiger partial charge on any atom is 0.341 e. The molecule has 0 unspecified atom stereocenters. The first kappa shape index (κ1) is 14.7. The molecule has 0 atom stereocenters. The summed E-state index contributed by atoms with van der Waals surface area (Å²) in [5, 5.41) is 17.8. The van der Waals surface area contributed by atoms with Crippen LogP contribution in [0.1, 0.15) is 29.3 Å². The van der Waals surface area contributed by atoms with Crippen LogP contribution in [0.3, 0.4) is 0 Å². The van der Waals surface area contributed by atoms with Crippen LogP contribution in [-0.2, 0) is 13.0 Å². The highest BCUT2D eigenvalue weighted by atomic mass is 19.1. The molecule has 0 aliphatic rings. The third kappa shape index (κ3) is 2.63. The molecule has 0 saturated heterocycles. The number of aromatic carboxylic acids is 1. The number of pyridine rings is 1. The van der Waals surface area contributed by atoms with Crippen LogP contribution < -0.4 is 5.43 Å². The minimum atomic E-state index is -1.34. The number of nitrogens with zero attached hydrogens (tertiary/aromatic N) is 2. The lowest BCUT2D eigenvalue weighted by Gasteiger charge is -2.12. The Labute approximate surface area is 119 Å². The number of nitriles is 1. The van der Waals surface area contributed by atoms with E-state index in [9.17, 15) is 14.0 Å². The van der Waals surface area contributed by atoms with E-state index in [1.54, 1.807) is 4.57 Å². The van der Waals surface area contributed by atoms with Gasteiger partial charge < -0.3 is 9.67 Å². The third-order valence-corrected chi connectivity index (χ3v) is 3.21. The van der Waals surface area contributed by atoms with E-state index in [1.807, 2.05) is 13.0 Å². The van der Waals surface area contributed by atoms with Gasteiger partial charge in [-0.1, -0.05) is 6.92 Å². The second-order valence-electron chi connectivity index (χ2n) is 4.67. The number of aromatic nitrogens is 1. The number of aryl methyl sites for hydroxylation is 1. The van der Waals surface area contributed by atoms with E-state index in [2.05, 4.69) is 0 Å². The SMILES string of the molecule is CCCn1cc(C(=O)O)c(=O)c2cc(F)c(CC#N)cc21. The number of hydrogen-bond donors (Lipinski definition) is 1. The molecular weight excluding hydrogens is 275 g/mol. The van der Waals surface area contributed by atoms with E-state index in [0.29, 0.717) is 12.1 Å². The molecule has 0 aliphatic heterocycles. The minimum Gasteiger partial charge on any atom is -0.477 e. The largest absolute Gasteiger partial charge is 0.477 e. The van der Waals surface area contributed by atoms with Gasteiger partial charge in [-0.05, 0) is 18.6 Å². The molecule has 1 aromatic carbocycles. The maximum atomic E-state index is 13.9. The third-order valence-electron chi connectivity index (χ3n) is 3.21. The van der Waals surface area contributed by atoms with Crippen molar-refractivity contribution >= 4 is 16.9 Å². The summed E-state index contributed by atoms with van der Waals surface area (Å²) in [5.41, 5.74) is -0.466. The van der Waals surface area contributed by atoms with Crippen molar-refractivity contribution in [2.75, 3.05) is 0 Å². The summed E-state index contributed by atoms with van der Waals surface area (Å²) < 4.78 is 15.5. The number of benzene rings is 1. The lowest BCUT2D eigenvalue weighted by atomic mass is 10.1. The van der Waals surface area contributed by atoms with Gasteiger partial charge in [-0.3, -0.25) is 4.79 Å². The first-order chi connectivity index (χ1) is 9.99. The monoisotopic (exact) mass is 288 g/mol. The number of rotatable bonds is 4. The number of fused-ring (bicyclic) bond motifs is 1. The Balaban J connectivity index is 2.87. The van der Waals surface area contributed by atoms with Gasteiger partial charge in [0.2, 0.25) is 5.43 Å². The fourth-order valence-electron chi connectivity index (χ4n) is 2.25. The smallest absolute Gasteiger partial charge is 0.341 e. The van der Waals surface area contributed by atoms with Gasteiger partial charge in [-0.25, -0.2) is 9.18 Å².